The van der Waals surface area contributed by atoms with E-state index in [-0.39, 0.29) is 43.5 Å². The van der Waals surface area contributed by atoms with Gasteiger partial charge in [0.05, 0.1) is 60.9 Å². The van der Waals surface area contributed by atoms with Gasteiger partial charge >= 0.3 is 5.97 Å². The summed E-state index contributed by atoms with van der Waals surface area (Å²) in [7, 11) is 4.72. The Balaban J connectivity index is 0.877. The molecule has 434 valence electrons. The van der Waals surface area contributed by atoms with E-state index in [2.05, 4.69) is 6.92 Å². The number of carbonyl (C=O) groups is 2. The van der Waals surface area contributed by atoms with Gasteiger partial charge in [-0.05, 0) is 84.5 Å². The number of Topliss-reactive ketones (excluding diaryl/α,β-unsaturated/α-hetero) is 1. The zero-order valence-corrected chi connectivity index (χ0v) is 46.4. The average Bonchev–Trinajstić information content (AvgIpc) is 3.61. The van der Waals surface area contributed by atoms with Crippen LogP contribution in [0.5, 0.6) is 0 Å². The molecule has 4 heterocycles. The lowest BCUT2D eigenvalue weighted by molar-refractivity contribution is -0.357. The van der Waals surface area contributed by atoms with Crippen LogP contribution in [0.1, 0.15) is 120 Å². The fourth-order valence-corrected chi connectivity index (χ4v) is 14.3. The van der Waals surface area contributed by atoms with Gasteiger partial charge in [-0.2, -0.15) is 0 Å². The minimum Gasteiger partial charge on any atom is -0.458 e. The number of rotatable bonds is 16. The van der Waals surface area contributed by atoms with Gasteiger partial charge in [0.15, 0.2) is 25.2 Å². The van der Waals surface area contributed by atoms with E-state index in [4.69, 9.17) is 56.8 Å². The molecule has 0 aromatic rings. The molecule has 26 atom stereocenters. The van der Waals surface area contributed by atoms with Crippen LogP contribution in [-0.4, -0.2) is 209 Å². The van der Waals surface area contributed by atoms with Gasteiger partial charge in [-0.15, -0.1) is 0 Å². The third-order valence-corrected chi connectivity index (χ3v) is 19.3. The highest BCUT2D eigenvalue weighted by molar-refractivity contribution is 5.83. The monoisotopic (exact) mass is 1080 g/mol. The molecule has 0 aromatic heterocycles. The summed E-state index contributed by atoms with van der Waals surface area (Å²) in [5.74, 6) is -2.32. The second kappa shape index (κ2) is 23.4. The van der Waals surface area contributed by atoms with Gasteiger partial charge in [-0.3, -0.25) is 4.79 Å². The first-order chi connectivity index (χ1) is 35.8. The van der Waals surface area contributed by atoms with Crippen LogP contribution in [0.2, 0.25) is 0 Å². The second-order valence-corrected chi connectivity index (χ2v) is 23.9. The van der Waals surface area contributed by atoms with Crippen LogP contribution in [0.25, 0.3) is 0 Å². The molecule has 0 unspecified atom stereocenters. The summed E-state index contributed by atoms with van der Waals surface area (Å²) in [6, 6.07) is 0. The van der Waals surface area contributed by atoms with E-state index in [1.54, 1.807) is 28.1 Å². The van der Waals surface area contributed by atoms with Crippen LogP contribution in [0.3, 0.4) is 0 Å². The number of carbonyl (C=O) groups excluding carboxylic acids is 2. The van der Waals surface area contributed by atoms with Crippen molar-refractivity contribution < 1.29 is 102 Å². The van der Waals surface area contributed by atoms with Crippen LogP contribution < -0.4 is 0 Å². The van der Waals surface area contributed by atoms with E-state index < -0.39 is 163 Å². The van der Waals surface area contributed by atoms with Gasteiger partial charge in [0.1, 0.15) is 65.8 Å². The van der Waals surface area contributed by atoms with Crippen molar-refractivity contribution >= 4 is 11.8 Å². The number of hydrogen-bond acceptors (Lipinski definition) is 21. The number of fused-ring (bicyclic) bond motifs is 5. The van der Waals surface area contributed by atoms with Gasteiger partial charge in [0, 0.05) is 58.5 Å². The predicted octanol–water partition coefficient (Wildman–Crippen LogP) is 2.27. The number of aliphatic hydroxyl groups excluding tert-OH is 5. The van der Waals surface area contributed by atoms with Crippen molar-refractivity contribution in [2.75, 3.05) is 27.9 Å². The normalized spacial score (nSPS) is 49.8. The smallest absolute Gasteiger partial charge is 0.330 e. The Morgan fingerprint density at radius 1 is 0.750 bits per heavy atom. The number of hydrogen-bond donors (Lipinski definition) is 7. The molecule has 4 aliphatic heterocycles. The van der Waals surface area contributed by atoms with E-state index in [1.807, 2.05) is 40.7 Å². The fourth-order valence-electron chi connectivity index (χ4n) is 14.3. The quantitative estimate of drug-likeness (QED) is 0.0663. The molecule has 21 nitrogen and oxygen atoms in total. The molecule has 8 aliphatic rings. The van der Waals surface area contributed by atoms with Crippen molar-refractivity contribution in [1.29, 1.82) is 0 Å². The molecule has 0 aromatic carbocycles. The van der Waals surface area contributed by atoms with E-state index in [9.17, 15) is 45.3 Å². The van der Waals surface area contributed by atoms with Crippen molar-refractivity contribution in [1.82, 2.24) is 0 Å². The second-order valence-electron chi connectivity index (χ2n) is 23.9. The van der Waals surface area contributed by atoms with Crippen molar-refractivity contribution in [2.24, 2.45) is 28.6 Å². The van der Waals surface area contributed by atoms with Crippen LogP contribution in [0.15, 0.2) is 23.3 Å². The third-order valence-electron chi connectivity index (χ3n) is 19.3. The fraction of sp³-hybridized carbons (Fsp3) is 0.891. The highest BCUT2D eigenvalue weighted by atomic mass is 16.8. The molecule has 0 bridgehead atoms. The maximum Gasteiger partial charge on any atom is 0.330 e. The largest absolute Gasteiger partial charge is 0.458 e. The zero-order chi connectivity index (χ0) is 55.6. The maximum atomic E-state index is 13.5. The summed E-state index contributed by atoms with van der Waals surface area (Å²) in [4.78, 5) is 26.5. The summed E-state index contributed by atoms with van der Waals surface area (Å²) in [5.41, 5.74) is -3.97. The average molecular weight is 1090 g/mol. The first-order valence-corrected chi connectivity index (χ1v) is 27.5. The molecule has 0 spiro atoms. The number of esters is 1. The van der Waals surface area contributed by atoms with Gasteiger partial charge in [-0.1, -0.05) is 44.9 Å². The Morgan fingerprint density at radius 2 is 1.28 bits per heavy atom. The molecule has 7 fully saturated rings. The number of ketones is 1. The molecule has 0 amide bonds. The van der Waals surface area contributed by atoms with Crippen LogP contribution >= 0.6 is 0 Å². The Bertz CT molecular complexity index is 2090. The summed E-state index contributed by atoms with van der Waals surface area (Å²) >= 11 is 0. The summed E-state index contributed by atoms with van der Waals surface area (Å²) in [6.45, 7) is 15.8. The minimum absolute atomic E-state index is 0.0843. The van der Waals surface area contributed by atoms with Gasteiger partial charge in [0.25, 0.3) is 0 Å². The Kier molecular flexibility index (Phi) is 18.5. The SMILES string of the molecule is CO[C@@H]1C[C@H](O[C@H]2CC[C@@]3(C)C(=CC[C@]4(O)[C@@H]3C[C@@H](OC(=O)/C=C(\C)C(C)C)[C@]3(C)[C@@H](O)[C@H](C(C)=O)C[C@@]34O)C2)O[C@H](C)[C@@H]1O[C@H]1C[C@@H](OC)[C@@H](O[C@H]2C[C@@H](OC)[C@@H](O[C@@H]3O[C@H](CO)[C@@H](O)[C@H](O)[C@H]3O)[C@@H](C)O2)[C@@H](C)O1. The molecule has 21 heteroatoms. The minimum atomic E-state index is -1.95. The van der Waals surface area contributed by atoms with Crippen LogP contribution in [0, 0.1) is 28.6 Å². The highest BCUT2D eigenvalue weighted by Crippen LogP contribution is 2.69. The van der Waals surface area contributed by atoms with Crippen molar-refractivity contribution in [3.05, 3.63) is 23.3 Å². The van der Waals surface area contributed by atoms with E-state index in [1.165, 1.54) is 20.1 Å². The maximum absolute atomic E-state index is 13.5. The highest BCUT2D eigenvalue weighted by Gasteiger charge is 2.79. The Morgan fingerprint density at radius 3 is 1.78 bits per heavy atom. The third kappa shape index (κ3) is 10.8. The van der Waals surface area contributed by atoms with Crippen LogP contribution in [-0.2, 0) is 66.4 Å². The summed E-state index contributed by atoms with van der Waals surface area (Å²) < 4.78 is 74.8. The van der Waals surface area contributed by atoms with Crippen molar-refractivity contribution in [3.63, 3.8) is 0 Å². The lowest BCUT2D eigenvalue weighted by Gasteiger charge is -2.66. The van der Waals surface area contributed by atoms with Crippen molar-refractivity contribution in [3.8, 4) is 0 Å². The Hall–Kier alpha value is -2.10. The topological polar surface area (TPSA) is 287 Å². The molecule has 8 rings (SSSR count). The molecular formula is C55H88O21. The lowest BCUT2D eigenvalue weighted by Crippen LogP contribution is -2.76. The molecular weight excluding hydrogens is 997 g/mol. The van der Waals surface area contributed by atoms with E-state index in [0.29, 0.717) is 32.1 Å². The number of aliphatic hydroxyl groups is 7. The molecule has 7 N–H and O–H groups in total. The molecule has 4 saturated heterocycles. The molecule has 3 saturated carbocycles. The molecule has 4 aliphatic carbocycles. The number of ether oxygens (including phenoxy) is 12. The van der Waals surface area contributed by atoms with Crippen LogP contribution in [0.4, 0.5) is 0 Å². The van der Waals surface area contributed by atoms with Crippen molar-refractivity contribution in [2.45, 2.75) is 254 Å². The van der Waals surface area contributed by atoms with E-state index >= 15 is 0 Å². The molecule has 76 heavy (non-hydrogen) atoms. The molecule has 0 radical (unpaired) electrons. The first-order valence-electron chi connectivity index (χ1n) is 27.5. The van der Waals surface area contributed by atoms with Gasteiger partial charge in [-0.25, -0.2) is 4.79 Å². The Labute approximate surface area is 446 Å². The zero-order valence-electron chi connectivity index (χ0n) is 46.4. The lowest BCUT2D eigenvalue weighted by atomic mass is 9.43. The standard InChI is InChI=1S/C55H88O21/c1-25(2)26(3)17-40(58)73-39-22-38-52(8)15-14-32(18-31(52)13-16-54(38,63)55(64)23-33(27(4)57)50(62)53(39,55)9)71-41-19-34(65-10)47(28(5)68-41)74-42-20-35(66-11)48(29(6)69-42)75-43-21-36(67-12)49(30(7)70-43)76-51-46(61)45(60)44(59)37(24-56)72-51/h13,17,25,28-30,32-39,41-51,56,59-64H,14-16,18-24H2,1-12H3/b26-17+/t28-,29-,30-,32+,33+,34-,35-,36-,37-,38-,39-,41+,42+,43+,44-,45+,46-,47+,48+,49+,50+,51+,52+,53-,54+,55-/m1/s1. The number of allylic oxidation sites excluding steroid dienone is 1. The van der Waals surface area contributed by atoms with Gasteiger partial charge < -0.3 is 92.6 Å². The van der Waals surface area contributed by atoms with E-state index in [0.717, 1.165) is 11.1 Å². The summed E-state index contributed by atoms with van der Waals surface area (Å²) in [6.07, 6.45) is -10.8. The number of methoxy groups -OCH3 is 3. The summed E-state index contributed by atoms with van der Waals surface area (Å²) in [5, 5.41) is 78.6. The first kappa shape index (κ1) is 60.0. The van der Waals surface area contributed by atoms with Gasteiger partial charge in [0.2, 0.25) is 0 Å². The predicted molar refractivity (Wildman–Crippen MR) is 267 cm³/mol.